The van der Waals surface area contributed by atoms with Crippen LogP contribution in [0.2, 0.25) is 5.02 Å². The van der Waals surface area contributed by atoms with Gasteiger partial charge in [0.05, 0.1) is 5.69 Å². The molecule has 1 aromatic rings. The average molecular weight is 214 g/mol. The molecule has 76 valence electrons. The van der Waals surface area contributed by atoms with E-state index in [9.17, 15) is 4.39 Å². The molecule has 1 rings (SSSR count). The Bertz CT molecular complexity index is 336. The van der Waals surface area contributed by atoms with Crippen LogP contribution in [0.3, 0.4) is 0 Å². The van der Waals surface area contributed by atoms with Gasteiger partial charge < -0.3 is 5.32 Å². The van der Waals surface area contributed by atoms with E-state index in [0.717, 1.165) is 12.0 Å². The molecule has 0 atom stereocenters. The second kappa shape index (κ2) is 5.01. The summed E-state index contributed by atoms with van der Waals surface area (Å²) in [6, 6.07) is 4.46. The predicted octanol–water partition coefficient (Wildman–Crippen LogP) is 3.86. The van der Waals surface area contributed by atoms with Crippen molar-refractivity contribution in [1.29, 1.82) is 0 Å². The highest BCUT2D eigenvalue weighted by atomic mass is 35.5. The Labute approximate surface area is 88.6 Å². The van der Waals surface area contributed by atoms with Gasteiger partial charge in [0, 0.05) is 11.6 Å². The first kappa shape index (κ1) is 11.1. The number of benzene rings is 1. The van der Waals surface area contributed by atoms with Crippen molar-refractivity contribution < 1.29 is 4.39 Å². The molecule has 0 aliphatic rings. The van der Waals surface area contributed by atoms with Crippen molar-refractivity contribution >= 4 is 17.3 Å². The third kappa shape index (κ3) is 3.38. The Kier molecular flexibility index (Phi) is 3.96. The molecule has 0 saturated carbocycles. The molecule has 0 amide bonds. The van der Waals surface area contributed by atoms with Gasteiger partial charge in [-0.3, -0.25) is 0 Å². The van der Waals surface area contributed by atoms with E-state index >= 15 is 0 Å². The van der Waals surface area contributed by atoms with Crippen LogP contribution in [0.15, 0.2) is 30.4 Å². The molecule has 0 bridgehead atoms. The van der Waals surface area contributed by atoms with Gasteiger partial charge in [-0.15, -0.1) is 6.58 Å². The molecule has 0 saturated heterocycles. The Hall–Kier alpha value is -1.02. The topological polar surface area (TPSA) is 12.0 Å². The second-order valence-corrected chi connectivity index (χ2v) is 3.69. The van der Waals surface area contributed by atoms with E-state index in [2.05, 4.69) is 11.9 Å². The highest BCUT2D eigenvalue weighted by molar-refractivity contribution is 6.30. The first-order chi connectivity index (χ1) is 6.59. The van der Waals surface area contributed by atoms with Gasteiger partial charge in [0.1, 0.15) is 5.82 Å². The minimum absolute atomic E-state index is 0.281. The van der Waals surface area contributed by atoms with Crippen LogP contribution >= 0.6 is 11.6 Å². The second-order valence-electron chi connectivity index (χ2n) is 3.26. The molecule has 0 fully saturated rings. The van der Waals surface area contributed by atoms with Gasteiger partial charge >= 0.3 is 0 Å². The minimum atomic E-state index is -0.281. The third-order valence-corrected chi connectivity index (χ3v) is 2.03. The normalized spacial score (nSPS) is 9.93. The van der Waals surface area contributed by atoms with Crippen LogP contribution in [0.1, 0.15) is 13.3 Å². The first-order valence-corrected chi connectivity index (χ1v) is 4.80. The zero-order valence-electron chi connectivity index (χ0n) is 8.11. The molecule has 1 nitrogen and oxygen atoms in total. The Balaban J connectivity index is 2.57. The number of halogens is 2. The molecule has 0 heterocycles. The SMILES string of the molecule is C=C(C)CCNc1cc(Cl)ccc1F. The fourth-order valence-electron chi connectivity index (χ4n) is 1.04. The van der Waals surface area contributed by atoms with E-state index < -0.39 is 0 Å². The molecular weight excluding hydrogens is 201 g/mol. The van der Waals surface area contributed by atoms with E-state index in [0.29, 0.717) is 17.3 Å². The van der Waals surface area contributed by atoms with Crippen molar-refractivity contribution in [3.8, 4) is 0 Å². The lowest BCUT2D eigenvalue weighted by Crippen LogP contribution is -2.03. The predicted molar refractivity (Wildman–Crippen MR) is 59.3 cm³/mol. The van der Waals surface area contributed by atoms with Crippen molar-refractivity contribution in [3.05, 3.63) is 41.2 Å². The summed E-state index contributed by atoms with van der Waals surface area (Å²) in [6.07, 6.45) is 0.825. The summed E-state index contributed by atoms with van der Waals surface area (Å²) in [5, 5.41) is 3.50. The Morgan fingerprint density at radius 1 is 1.57 bits per heavy atom. The van der Waals surface area contributed by atoms with Crippen LogP contribution in [0.5, 0.6) is 0 Å². The number of rotatable bonds is 4. The van der Waals surface area contributed by atoms with Gasteiger partial charge in [-0.1, -0.05) is 17.2 Å². The number of nitrogens with one attached hydrogen (secondary N) is 1. The molecule has 3 heteroatoms. The summed E-state index contributed by atoms with van der Waals surface area (Å²) < 4.78 is 13.2. The largest absolute Gasteiger partial charge is 0.382 e. The van der Waals surface area contributed by atoms with Crippen LogP contribution in [0.4, 0.5) is 10.1 Å². The molecule has 1 N–H and O–H groups in total. The van der Waals surface area contributed by atoms with Gasteiger partial charge in [0.25, 0.3) is 0 Å². The maximum Gasteiger partial charge on any atom is 0.146 e. The van der Waals surface area contributed by atoms with Crippen molar-refractivity contribution in [2.45, 2.75) is 13.3 Å². The summed E-state index contributed by atoms with van der Waals surface area (Å²) in [6.45, 7) is 6.38. The summed E-state index contributed by atoms with van der Waals surface area (Å²) in [4.78, 5) is 0. The highest BCUT2D eigenvalue weighted by Crippen LogP contribution is 2.19. The fourth-order valence-corrected chi connectivity index (χ4v) is 1.22. The molecule has 0 aliphatic carbocycles. The molecule has 0 aliphatic heterocycles. The van der Waals surface area contributed by atoms with E-state index in [1.807, 2.05) is 6.92 Å². The van der Waals surface area contributed by atoms with Gasteiger partial charge in [0.2, 0.25) is 0 Å². The fraction of sp³-hybridized carbons (Fsp3) is 0.273. The van der Waals surface area contributed by atoms with Crippen LogP contribution in [0.25, 0.3) is 0 Å². The van der Waals surface area contributed by atoms with Crippen molar-refractivity contribution in [1.82, 2.24) is 0 Å². The van der Waals surface area contributed by atoms with Gasteiger partial charge in [-0.25, -0.2) is 4.39 Å². The summed E-state index contributed by atoms with van der Waals surface area (Å²) in [5.74, 6) is -0.281. The maximum atomic E-state index is 13.2. The number of hydrogen-bond acceptors (Lipinski definition) is 1. The van der Waals surface area contributed by atoms with E-state index in [4.69, 9.17) is 11.6 Å². The third-order valence-electron chi connectivity index (χ3n) is 1.80. The monoisotopic (exact) mass is 213 g/mol. The van der Waals surface area contributed by atoms with Gasteiger partial charge in [0.15, 0.2) is 0 Å². The van der Waals surface area contributed by atoms with Crippen LogP contribution in [-0.4, -0.2) is 6.54 Å². The van der Waals surface area contributed by atoms with E-state index in [1.165, 1.54) is 12.1 Å². The van der Waals surface area contributed by atoms with E-state index in [-0.39, 0.29) is 5.82 Å². The summed E-state index contributed by atoms with van der Waals surface area (Å²) in [5.41, 5.74) is 1.51. The standard InChI is InChI=1S/C11H13ClFN/c1-8(2)5-6-14-11-7-9(12)3-4-10(11)13/h3-4,7,14H,1,5-6H2,2H3. The quantitative estimate of drug-likeness (QED) is 0.749. The molecule has 0 radical (unpaired) electrons. The van der Waals surface area contributed by atoms with Crippen molar-refractivity contribution in [2.75, 3.05) is 11.9 Å². The van der Waals surface area contributed by atoms with Crippen LogP contribution < -0.4 is 5.32 Å². The molecule has 0 spiro atoms. The van der Waals surface area contributed by atoms with Crippen LogP contribution in [-0.2, 0) is 0 Å². The zero-order chi connectivity index (χ0) is 10.6. The lowest BCUT2D eigenvalue weighted by atomic mass is 10.2. The van der Waals surface area contributed by atoms with Crippen LogP contribution in [0, 0.1) is 5.82 Å². The lowest BCUT2D eigenvalue weighted by Gasteiger charge is -2.07. The van der Waals surface area contributed by atoms with Gasteiger partial charge in [-0.2, -0.15) is 0 Å². The highest BCUT2D eigenvalue weighted by Gasteiger charge is 2.01. The smallest absolute Gasteiger partial charge is 0.146 e. The molecule has 14 heavy (non-hydrogen) atoms. The minimum Gasteiger partial charge on any atom is -0.382 e. The molecular formula is C11H13ClFN. The number of hydrogen-bond donors (Lipinski definition) is 1. The molecule has 1 aromatic carbocycles. The first-order valence-electron chi connectivity index (χ1n) is 4.43. The molecule has 0 aromatic heterocycles. The van der Waals surface area contributed by atoms with Gasteiger partial charge in [-0.05, 0) is 31.5 Å². The lowest BCUT2D eigenvalue weighted by molar-refractivity contribution is 0.630. The zero-order valence-corrected chi connectivity index (χ0v) is 8.87. The van der Waals surface area contributed by atoms with Crippen molar-refractivity contribution in [3.63, 3.8) is 0 Å². The van der Waals surface area contributed by atoms with Crippen molar-refractivity contribution in [2.24, 2.45) is 0 Å². The Morgan fingerprint density at radius 3 is 2.93 bits per heavy atom. The van der Waals surface area contributed by atoms with E-state index in [1.54, 1.807) is 6.07 Å². The number of anilines is 1. The summed E-state index contributed by atoms with van der Waals surface area (Å²) in [7, 11) is 0. The average Bonchev–Trinajstić information content (AvgIpc) is 2.10. The summed E-state index contributed by atoms with van der Waals surface area (Å²) >= 11 is 5.73. The maximum absolute atomic E-state index is 13.2. The Morgan fingerprint density at radius 2 is 2.29 bits per heavy atom. The molecule has 0 unspecified atom stereocenters.